The molecule has 7 heteroatoms. The summed E-state index contributed by atoms with van der Waals surface area (Å²) in [6.45, 7) is 0. The molecule has 2 aromatic carbocycles. The van der Waals surface area contributed by atoms with E-state index < -0.39 is 15.6 Å². The molecular formula is C17H9Cl3FNO2. The van der Waals surface area contributed by atoms with Crippen LogP contribution in [-0.2, 0) is 4.79 Å². The first kappa shape index (κ1) is 18.3. The summed E-state index contributed by atoms with van der Waals surface area (Å²) in [4.78, 5) is 11.5. The highest BCUT2D eigenvalue weighted by molar-refractivity contribution is 6.75. The highest BCUT2D eigenvalue weighted by Crippen LogP contribution is 2.29. The van der Waals surface area contributed by atoms with Crippen molar-refractivity contribution in [2.24, 2.45) is 0 Å². The number of nitrogens with zero attached hydrogens (tertiary/aromatic N) is 1. The van der Waals surface area contributed by atoms with E-state index in [9.17, 15) is 14.4 Å². The Morgan fingerprint density at radius 2 is 1.75 bits per heavy atom. The Kier molecular flexibility index (Phi) is 5.84. The van der Waals surface area contributed by atoms with Crippen molar-refractivity contribution in [2.45, 2.75) is 3.79 Å². The molecule has 2 rings (SSSR count). The molecule has 0 aromatic heterocycles. The molecule has 0 aliphatic heterocycles. The standard InChI is InChI=1S/C17H9Cl3FNO2/c18-17(19,20)16(23)24-13-7-5-11(6-8-13)9-12(10-22)14-3-1-2-4-15(14)21/h1-9H/b12-9-. The largest absolute Gasteiger partial charge is 0.423 e. The second-order valence-corrected chi connectivity index (χ2v) is 6.89. The van der Waals surface area contributed by atoms with Gasteiger partial charge >= 0.3 is 5.97 Å². The monoisotopic (exact) mass is 383 g/mol. The van der Waals surface area contributed by atoms with Crippen molar-refractivity contribution in [3.8, 4) is 11.8 Å². The molecule has 122 valence electrons. The number of halogens is 4. The van der Waals surface area contributed by atoms with Crippen LogP contribution in [0.25, 0.3) is 11.6 Å². The van der Waals surface area contributed by atoms with Gasteiger partial charge in [-0.05, 0) is 29.8 Å². The molecule has 0 saturated heterocycles. The lowest BCUT2D eigenvalue weighted by Gasteiger charge is -2.10. The number of hydrogen-bond acceptors (Lipinski definition) is 3. The summed E-state index contributed by atoms with van der Waals surface area (Å²) in [5.41, 5.74) is 0.981. The zero-order chi connectivity index (χ0) is 17.7. The number of ether oxygens (including phenoxy) is 1. The van der Waals surface area contributed by atoms with Crippen LogP contribution >= 0.6 is 34.8 Å². The minimum Gasteiger partial charge on any atom is -0.423 e. The average molecular weight is 385 g/mol. The zero-order valence-electron chi connectivity index (χ0n) is 12.0. The highest BCUT2D eigenvalue weighted by atomic mass is 35.6. The molecule has 0 unspecified atom stereocenters. The zero-order valence-corrected chi connectivity index (χ0v) is 14.2. The number of carbonyl (C=O) groups excluding carboxylic acids is 1. The summed E-state index contributed by atoms with van der Waals surface area (Å²) >= 11 is 16.2. The van der Waals surface area contributed by atoms with Crippen molar-refractivity contribution in [3.63, 3.8) is 0 Å². The van der Waals surface area contributed by atoms with E-state index in [1.54, 1.807) is 24.3 Å². The van der Waals surface area contributed by atoms with Crippen LogP contribution in [0.4, 0.5) is 4.39 Å². The van der Waals surface area contributed by atoms with E-state index >= 15 is 0 Å². The van der Waals surface area contributed by atoms with Crippen molar-refractivity contribution in [3.05, 3.63) is 65.5 Å². The lowest BCUT2D eigenvalue weighted by Crippen LogP contribution is -2.24. The van der Waals surface area contributed by atoms with E-state index in [1.807, 2.05) is 6.07 Å². The molecule has 0 aliphatic carbocycles. The minimum absolute atomic E-state index is 0.166. The van der Waals surface area contributed by atoms with Crippen molar-refractivity contribution >= 4 is 52.4 Å². The van der Waals surface area contributed by atoms with Gasteiger partial charge in [-0.3, -0.25) is 0 Å². The van der Waals surface area contributed by atoms with Crippen LogP contribution in [-0.4, -0.2) is 9.76 Å². The van der Waals surface area contributed by atoms with Gasteiger partial charge in [0.1, 0.15) is 11.6 Å². The van der Waals surface area contributed by atoms with Gasteiger partial charge in [0, 0.05) is 5.56 Å². The van der Waals surface area contributed by atoms with Crippen LogP contribution in [0, 0.1) is 17.1 Å². The molecule has 0 bridgehead atoms. The van der Waals surface area contributed by atoms with Crippen LogP contribution in [0.1, 0.15) is 11.1 Å². The van der Waals surface area contributed by atoms with Gasteiger partial charge in [0.25, 0.3) is 3.79 Å². The Morgan fingerprint density at radius 1 is 1.12 bits per heavy atom. The molecule has 0 atom stereocenters. The van der Waals surface area contributed by atoms with E-state index in [-0.39, 0.29) is 16.9 Å². The molecule has 0 saturated carbocycles. The summed E-state index contributed by atoms with van der Waals surface area (Å²) in [5.74, 6) is -1.34. The Balaban J connectivity index is 2.23. The quantitative estimate of drug-likeness (QED) is 0.241. The lowest BCUT2D eigenvalue weighted by atomic mass is 10.0. The second kappa shape index (κ2) is 7.67. The molecule has 0 N–H and O–H groups in total. The number of benzene rings is 2. The van der Waals surface area contributed by atoms with E-state index in [2.05, 4.69) is 0 Å². The normalized spacial score (nSPS) is 11.7. The Labute approximate surface area is 152 Å². The number of nitriles is 1. The smallest absolute Gasteiger partial charge is 0.363 e. The number of alkyl halides is 3. The van der Waals surface area contributed by atoms with E-state index in [0.717, 1.165) is 0 Å². The molecule has 0 aliphatic rings. The third kappa shape index (κ3) is 4.72. The Morgan fingerprint density at radius 3 is 2.29 bits per heavy atom. The van der Waals surface area contributed by atoms with Crippen molar-refractivity contribution < 1.29 is 13.9 Å². The van der Waals surface area contributed by atoms with Crippen LogP contribution in [0.5, 0.6) is 5.75 Å². The minimum atomic E-state index is -2.17. The third-order valence-corrected chi connectivity index (χ3v) is 3.38. The number of hydrogen-bond donors (Lipinski definition) is 0. The summed E-state index contributed by atoms with van der Waals surface area (Å²) in [7, 11) is 0. The average Bonchev–Trinajstić information content (AvgIpc) is 2.54. The van der Waals surface area contributed by atoms with Gasteiger partial charge in [-0.1, -0.05) is 65.1 Å². The van der Waals surface area contributed by atoms with E-state index in [0.29, 0.717) is 5.56 Å². The first-order chi connectivity index (χ1) is 11.3. The molecule has 0 heterocycles. The number of carbonyl (C=O) groups is 1. The molecule has 24 heavy (non-hydrogen) atoms. The maximum Gasteiger partial charge on any atom is 0.363 e. The molecular weight excluding hydrogens is 376 g/mol. The lowest BCUT2D eigenvalue weighted by molar-refractivity contribution is -0.133. The van der Waals surface area contributed by atoms with Gasteiger partial charge in [-0.25, -0.2) is 9.18 Å². The molecule has 2 aromatic rings. The summed E-state index contributed by atoms with van der Waals surface area (Å²) in [5, 5.41) is 9.23. The SMILES string of the molecule is N#C/C(=C/c1ccc(OC(=O)C(Cl)(Cl)Cl)cc1)c1ccccc1F. The first-order valence-electron chi connectivity index (χ1n) is 6.57. The van der Waals surface area contributed by atoms with Gasteiger partial charge in [0.15, 0.2) is 0 Å². The fourth-order valence-electron chi connectivity index (χ4n) is 1.81. The predicted octanol–water partition coefficient (Wildman–Crippen LogP) is 5.17. The van der Waals surface area contributed by atoms with Crippen LogP contribution in [0.2, 0.25) is 0 Å². The maximum absolute atomic E-state index is 13.8. The molecule has 0 spiro atoms. The fraction of sp³-hybridized carbons (Fsp3) is 0.0588. The summed E-state index contributed by atoms with van der Waals surface area (Å²) in [6, 6.07) is 14.0. The van der Waals surface area contributed by atoms with Crippen LogP contribution in [0.3, 0.4) is 0 Å². The maximum atomic E-state index is 13.8. The van der Waals surface area contributed by atoms with Crippen molar-refractivity contribution in [2.75, 3.05) is 0 Å². The van der Waals surface area contributed by atoms with E-state index in [1.165, 1.54) is 30.3 Å². The number of allylic oxidation sites excluding steroid dienone is 1. The van der Waals surface area contributed by atoms with Gasteiger partial charge in [0.05, 0.1) is 11.6 Å². The van der Waals surface area contributed by atoms with Gasteiger partial charge in [-0.2, -0.15) is 5.26 Å². The summed E-state index contributed by atoms with van der Waals surface area (Å²) < 4.78 is 16.5. The molecule has 0 amide bonds. The number of rotatable bonds is 3. The molecule has 0 radical (unpaired) electrons. The Bertz CT molecular complexity index is 821. The molecule has 3 nitrogen and oxygen atoms in total. The fourth-order valence-corrected chi connectivity index (χ4v) is 1.93. The molecule has 0 fully saturated rings. The van der Waals surface area contributed by atoms with Crippen molar-refractivity contribution in [1.29, 1.82) is 5.26 Å². The highest BCUT2D eigenvalue weighted by Gasteiger charge is 2.33. The van der Waals surface area contributed by atoms with Gasteiger partial charge in [0.2, 0.25) is 0 Å². The summed E-state index contributed by atoms with van der Waals surface area (Å²) in [6.07, 6.45) is 1.51. The van der Waals surface area contributed by atoms with Gasteiger partial charge < -0.3 is 4.74 Å². The predicted molar refractivity (Wildman–Crippen MR) is 92.3 cm³/mol. The van der Waals surface area contributed by atoms with Crippen LogP contribution in [0.15, 0.2) is 48.5 Å². The number of esters is 1. The Hall–Kier alpha value is -2.06. The van der Waals surface area contributed by atoms with E-state index in [4.69, 9.17) is 39.5 Å². The third-order valence-electron chi connectivity index (χ3n) is 2.92. The second-order valence-electron chi connectivity index (χ2n) is 4.61. The first-order valence-corrected chi connectivity index (χ1v) is 7.70. The van der Waals surface area contributed by atoms with Crippen LogP contribution < -0.4 is 4.74 Å². The topological polar surface area (TPSA) is 50.1 Å². The van der Waals surface area contributed by atoms with Crippen molar-refractivity contribution in [1.82, 2.24) is 0 Å². The van der Waals surface area contributed by atoms with Gasteiger partial charge in [-0.15, -0.1) is 0 Å².